The van der Waals surface area contributed by atoms with Gasteiger partial charge in [0.2, 0.25) is 0 Å². The van der Waals surface area contributed by atoms with Gasteiger partial charge >= 0.3 is 0 Å². The third kappa shape index (κ3) is 6.53. The number of hydrogen-bond donors (Lipinski definition) is 0. The van der Waals surface area contributed by atoms with Crippen molar-refractivity contribution in [3.05, 3.63) is 47.5 Å². The Kier molecular flexibility index (Phi) is 9.06. The highest BCUT2D eigenvalue weighted by Gasteiger charge is 2.22. The number of benzene rings is 2. The van der Waals surface area contributed by atoms with Crippen molar-refractivity contribution in [2.45, 2.75) is 25.8 Å². The highest BCUT2D eigenvalue weighted by molar-refractivity contribution is 5.50. The zero-order valence-corrected chi connectivity index (χ0v) is 20.2. The van der Waals surface area contributed by atoms with Crippen LogP contribution in [0.4, 0.5) is 0 Å². The average molecular weight is 443 g/mol. The molecule has 0 saturated carbocycles. The van der Waals surface area contributed by atoms with Crippen molar-refractivity contribution in [1.29, 1.82) is 0 Å². The summed E-state index contributed by atoms with van der Waals surface area (Å²) in [6.07, 6.45) is 3.57. The molecule has 6 heteroatoms. The van der Waals surface area contributed by atoms with Gasteiger partial charge in [-0.25, -0.2) is 0 Å². The summed E-state index contributed by atoms with van der Waals surface area (Å²) in [5.74, 6) is 3.99. The summed E-state index contributed by atoms with van der Waals surface area (Å²) in [6.45, 7) is 5.32. The number of rotatable bonds is 11. The predicted molar refractivity (Wildman–Crippen MR) is 128 cm³/mol. The molecule has 0 aromatic heterocycles. The lowest BCUT2D eigenvalue weighted by Crippen LogP contribution is -2.38. The van der Waals surface area contributed by atoms with E-state index < -0.39 is 0 Å². The van der Waals surface area contributed by atoms with Crippen molar-refractivity contribution in [2.75, 3.05) is 61.7 Å². The molecule has 0 aliphatic carbocycles. The summed E-state index contributed by atoms with van der Waals surface area (Å²) in [4.78, 5) is 4.97. The zero-order chi connectivity index (χ0) is 22.9. The van der Waals surface area contributed by atoms with Crippen molar-refractivity contribution < 1.29 is 18.9 Å². The maximum atomic E-state index is 5.61. The second-order valence-electron chi connectivity index (χ2n) is 8.59. The van der Waals surface area contributed by atoms with Gasteiger partial charge in [-0.1, -0.05) is 12.1 Å². The van der Waals surface area contributed by atoms with Gasteiger partial charge < -0.3 is 28.7 Å². The number of likely N-dealkylation sites (tertiary alicyclic amines) is 1. The molecular weight excluding hydrogens is 404 g/mol. The van der Waals surface area contributed by atoms with Crippen LogP contribution in [0.25, 0.3) is 0 Å². The summed E-state index contributed by atoms with van der Waals surface area (Å²) >= 11 is 0. The van der Waals surface area contributed by atoms with Crippen LogP contribution in [0, 0.1) is 5.92 Å². The summed E-state index contributed by atoms with van der Waals surface area (Å²) < 4.78 is 21.8. The van der Waals surface area contributed by atoms with E-state index in [1.807, 2.05) is 24.3 Å². The number of hydrogen-bond acceptors (Lipinski definition) is 6. The molecule has 1 saturated heterocycles. The molecule has 0 unspecified atom stereocenters. The smallest absolute Gasteiger partial charge is 0.130 e. The van der Waals surface area contributed by atoms with Crippen LogP contribution in [0.15, 0.2) is 36.4 Å². The number of nitrogens with zero attached hydrogens (tertiary/aromatic N) is 2. The van der Waals surface area contributed by atoms with E-state index in [1.54, 1.807) is 28.4 Å². The first-order valence-corrected chi connectivity index (χ1v) is 11.4. The molecular formula is C26H38N2O4. The maximum Gasteiger partial charge on any atom is 0.130 e. The van der Waals surface area contributed by atoms with Crippen molar-refractivity contribution in [3.63, 3.8) is 0 Å². The van der Waals surface area contributed by atoms with Gasteiger partial charge in [0.15, 0.2) is 0 Å². The Morgan fingerprint density at radius 3 is 1.97 bits per heavy atom. The summed E-state index contributed by atoms with van der Waals surface area (Å²) in [6, 6.07) is 12.3. The molecule has 1 fully saturated rings. The van der Waals surface area contributed by atoms with Gasteiger partial charge in [-0.05, 0) is 63.0 Å². The van der Waals surface area contributed by atoms with E-state index >= 15 is 0 Å². The molecule has 1 heterocycles. The van der Waals surface area contributed by atoms with Gasteiger partial charge in [0.25, 0.3) is 0 Å². The number of piperidine rings is 1. The average Bonchev–Trinajstić information content (AvgIpc) is 2.83. The highest BCUT2D eigenvalue weighted by atomic mass is 16.5. The van der Waals surface area contributed by atoms with E-state index in [0.717, 1.165) is 54.6 Å². The van der Waals surface area contributed by atoms with Crippen LogP contribution in [0.3, 0.4) is 0 Å². The van der Waals surface area contributed by atoms with Crippen LogP contribution < -0.4 is 18.9 Å². The standard InChI is InChI=1S/C26H38N2O4/c1-27(19-24-25(31-4)16-23(30-3)17-26(24)32-5)18-21-11-14-28(15-12-21)13-10-20-6-8-22(29-2)9-7-20/h6-9,16-17,21H,10-15,18-19H2,1-5H3. The monoisotopic (exact) mass is 442 g/mol. The molecule has 0 amide bonds. The molecule has 0 spiro atoms. The van der Waals surface area contributed by atoms with Crippen LogP contribution in [0.5, 0.6) is 23.0 Å². The lowest BCUT2D eigenvalue weighted by atomic mass is 9.95. The molecule has 0 radical (unpaired) electrons. The molecule has 3 rings (SSSR count). The lowest BCUT2D eigenvalue weighted by molar-refractivity contribution is 0.152. The second-order valence-corrected chi connectivity index (χ2v) is 8.59. The minimum atomic E-state index is 0.715. The molecule has 2 aromatic rings. The second kappa shape index (κ2) is 12.0. The van der Waals surface area contributed by atoms with E-state index in [-0.39, 0.29) is 0 Å². The summed E-state index contributed by atoms with van der Waals surface area (Å²) in [7, 11) is 8.93. The first-order chi connectivity index (χ1) is 15.6. The third-order valence-electron chi connectivity index (χ3n) is 6.40. The van der Waals surface area contributed by atoms with E-state index in [9.17, 15) is 0 Å². The quantitative estimate of drug-likeness (QED) is 0.522. The summed E-state index contributed by atoms with van der Waals surface area (Å²) in [5.41, 5.74) is 2.44. The Morgan fingerprint density at radius 2 is 1.44 bits per heavy atom. The molecule has 176 valence electrons. The minimum absolute atomic E-state index is 0.715. The minimum Gasteiger partial charge on any atom is -0.497 e. The Labute approximate surface area is 193 Å². The Morgan fingerprint density at radius 1 is 0.844 bits per heavy atom. The molecule has 1 aliphatic heterocycles. The van der Waals surface area contributed by atoms with Gasteiger partial charge in [0.1, 0.15) is 23.0 Å². The van der Waals surface area contributed by atoms with E-state index in [0.29, 0.717) is 5.92 Å². The van der Waals surface area contributed by atoms with Gasteiger partial charge in [-0.3, -0.25) is 0 Å². The zero-order valence-electron chi connectivity index (χ0n) is 20.2. The lowest BCUT2D eigenvalue weighted by Gasteiger charge is -2.34. The molecule has 1 aliphatic rings. The van der Waals surface area contributed by atoms with E-state index in [2.05, 4.69) is 29.0 Å². The molecule has 0 bridgehead atoms. The van der Waals surface area contributed by atoms with E-state index in [1.165, 1.54) is 31.5 Å². The third-order valence-corrected chi connectivity index (χ3v) is 6.40. The first-order valence-electron chi connectivity index (χ1n) is 11.4. The largest absolute Gasteiger partial charge is 0.497 e. The van der Waals surface area contributed by atoms with Crippen molar-refractivity contribution in [3.8, 4) is 23.0 Å². The topological polar surface area (TPSA) is 43.4 Å². The van der Waals surface area contributed by atoms with Crippen LogP contribution >= 0.6 is 0 Å². The molecule has 32 heavy (non-hydrogen) atoms. The first kappa shape index (κ1) is 24.2. The van der Waals surface area contributed by atoms with Gasteiger partial charge in [0.05, 0.1) is 34.0 Å². The number of ether oxygens (including phenoxy) is 4. The maximum absolute atomic E-state index is 5.61. The fourth-order valence-electron chi connectivity index (χ4n) is 4.48. The van der Waals surface area contributed by atoms with Gasteiger partial charge in [-0.15, -0.1) is 0 Å². The molecule has 6 nitrogen and oxygen atoms in total. The molecule has 0 atom stereocenters. The molecule has 0 N–H and O–H groups in total. The van der Waals surface area contributed by atoms with Crippen molar-refractivity contribution in [1.82, 2.24) is 9.80 Å². The SMILES string of the molecule is COc1ccc(CCN2CCC(CN(C)Cc3c(OC)cc(OC)cc3OC)CC2)cc1. The van der Waals surface area contributed by atoms with Gasteiger partial charge in [-0.2, -0.15) is 0 Å². The van der Waals surface area contributed by atoms with Crippen LogP contribution in [-0.2, 0) is 13.0 Å². The highest BCUT2D eigenvalue weighted by Crippen LogP contribution is 2.35. The molecule has 2 aromatic carbocycles. The van der Waals surface area contributed by atoms with Crippen LogP contribution in [0.1, 0.15) is 24.0 Å². The number of methoxy groups -OCH3 is 4. The van der Waals surface area contributed by atoms with Crippen molar-refractivity contribution in [2.24, 2.45) is 5.92 Å². The van der Waals surface area contributed by atoms with Crippen LogP contribution in [-0.4, -0.2) is 71.5 Å². The Balaban J connectivity index is 1.46. The Bertz CT molecular complexity index is 807. The van der Waals surface area contributed by atoms with Gasteiger partial charge in [0, 0.05) is 31.8 Å². The predicted octanol–water partition coefficient (Wildman–Crippen LogP) is 4.11. The Hall–Kier alpha value is -2.44. The fraction of sp³-hybridized carbons (Fsp3) is 0.538. The van der Waals surface area contributed by atoms with E-state index in [4.69, 9.17) is 18.9 Å². The normalized spacial score (nSPS) is 15.1. The fourth-order valence-corrected chi connectivity index (χ4v) is 4.48. The van der Waals surface area contributed by atoms with Crippen LogP contribution in [0.2, 0.25) is 0 Å². The van der Waals surface area contributed by atoms with Crippen molar-refractivity contribution >= 4 is 0 Å². The summed E-state index contributed by atoms with van der Waals surface area (Å²) in [5, 5.41) is 0.